The average Bonchev–Trinajstić information content (AvgIpc) is 2.71. The summed E-state index contributed by atoms with van der Waals surface area (Å²) in [6, 6.07) is 0. The predicted octanol–water partition coefficient (Wildman–Crippen LogP) is 1.25. The van der Waals surface area contributed by atoms with Crippen molar-refractivity contribution in [2.45, 2.75) is 39.0 Å². The van der Waals surface area contributed by atoms with Crippen molar-refractivity contribution in [3.63, 3.8) is 0 Å². The first kappa shape index (κ1) is 21.5. The van der Waals surface area contributed by atoms with Crippen molar-refractivity contribution in [1.82, 2.24) is 15.1 Å². The van der Waals surface area contributed by atoms with Crippen molar-refractivity contribution in [2.75, 3.05) is 53.0 Å². The number of carbonyl (C=O) groups is 3. The number of carbonyl (C=O) groups excluding carboxylic acids is 3. The topological polar surface area (TPSA) is 88.2 Å². The molecule has 1 aliphatic heterocycles. The maximum atomic E-state index is 12.8. The smallest absolute Gasteiger partial charge is 0.409 e. The van der Waals surface area contributed by atoms with Gasteiger partial charge in [0.1, 0.15) is 0 Å². The fourth-order valence-electron chi connectivity index (χ4n) is 3.76. The molecule has 1 saturated heterocycles. The van der Waals surface area contributed by atoms with Crippen molar-refractivity contribution in [3.05, 3.63) is 0 Å². The lowest BCUT2D eigenvalue weighted by atomic mass is 9.81. The van der Waals surface area contributed by atoms with Crippen molar-refractivity contribution in [1.29, 1.82) is 0 Å². The summed E-state index contributed by atoms with van der Waals surface area (Å²) in [5, 5.41) is 2.96. The highest BCUT2D eigenvalue weighted by molar-refractivity contribution is 5.81. The highest BCUT2D eigenvalue weighted by atomic mass is 16.6. The van der Waals surface area contributed by atoms with Crippen LogP contribution in [0.15, 0.2) is 0 Å². The van der Waals surface area contributed by atoms with Crippen molar-refractivity contribution in [3.8, 4) is 0 Å². The summed E-state index contributed by atoms with van der Waals surface area (Å²) >= 11 is 0. The Hall–Kier alpha value is -1.83. The highest BCUT2D eigenvalue weighted by Crippen LogP contribution is 2.30. The van der Waals surface area contributed by atoms with Crippen LogP contribution in [0.1, 0.15) is 39.0 Å². The summed E-state index contributed by atoms with van der Waals surface area (Å²) in [4.78, 5) is 40.2. The molecule has 2 rings (SSSR count). The lowest BCUT2D eigenvalue weighted by molar-refractivity contribution is -0.139. The van der Waals surface area contributed by atoms with E-state index in [0.29, 0.717) is 45.9 Å². The molecule has 8 nitrogen and oxygen atoms in total. The van der Waals surface area contributed by atoms with Gasteiger partial charge in [-0.05, 0) is 39.0 Å². The first-order chi connectivity index (χ1) is 13.1. The second-order valence-corrected chi connectivity index (χ2v) is 7.20. The summed E-state index contributed by atoms with van der Waals surface area (Å²) in [6.07, 6.45) is 3.54. The van der Waals surface area contributed by atoms with Gasteiger partial charge in [0.05, 0.1) is 6.61 Å². The molecule has 27 heavy (non-hydrogen) atoms. The zero-order valence-electron chi connectivity index (χ0n) is 16.6. The van der Waals surface area contributed by atoms with Crippen LogP contribution in [0.2, 0.25) is 0 Å². The monoisotopic (exact) mass is 383 g/mol. The van der Waals surface area contributed by atoms with E-state index in [1.807, 2.05) is 4.90 Å². The molecule has 2 fully saturated rings. The lowest BCUT2D eigenvalue weighted by Gasteiger charge is -2.37. The number of methoxy groups -OCH3 is 1. The molecule has 0 aromatic rings. The SMILES string of the molecule is CCOC(=O)N1CCN(C(=O)C2CCC(C(=O)NCCCOC)CC2)CC1. The minimum atomic E-state index is -0.304. The van der Waals surface area contributed by atoms with Gasteiger partial charge >= 0.3 is 6.09 Å². The van der Waals surface area contributed by atoms with Gasteiger partial charge in [0, 0.05) is 58.3 Å². The second kappa shape index (κ2) is 11.1. The van der Waals surface area contributed by atoms with Gasteiger partial charge in [0.25, 0.3) is 0 Å². The summed E-state index contributed by atoms with van der Waals surface area (Å²) in [5.74, 6) is 0.270. The standard InChI is InChI=1S/C19H33N3O5/c1-3-27-19(25)22-12-10-21(11-13-22)18(24)16-7-5-15(6-8-16)17(23)20-9-4-14-26-2/h15-16H,3-14H2,1-2H3,(H,20,23). The van der Waals surface area contributed by atoms with Crippen LogP contribution in [0.25, 0.3) is 0 Å². The van der Waals surface area contributed by atoms with Crippen molar-refractivity contribution in [2.24, 2.45) is 11.8 Å². The van der Waals surface area contributed by atoms with E-state index in [0.717, 1.165) is 32.1 Å². The van der Waals surface area contributed by atoms with Crippen molar-refractivity contribution >= 4 is 17.9 Å². The summed E-state index contributed by atoms with van der Waals surface area (Å²) in [6.45, 7) is 5.57. The van der Waals surface area contributed by atoms with Gasteiger partial charge in [-0.25, -0.2) is 4.79 Å². The molecule has 0 radical (unpaired) electrons. The fraction of sp³-hybridized carbons (Fsp3) is 0.842. The Labute approximate surface area is 161 Å². The van der Waals surface area contributed by atoms with Gasteiger partial charge in [-0.2, -0.15) is 0 Å². The molecule has 0 aromatic heterocycles. The van der Waals surface area contributed by atoms with E-state index in [2.05, 4.69) is 5.32 Å². The van der Waals surface area contributed by atoms with Crippen molar-refractivity contribution < 1.29 is 23.9 Å². The van der Waals surface area contributed by atoms with E-state index < -0.39 is 0 Å². The van der Waals surface area contributed by atoms with E-state index >= 15 is 0 Å². The molecule has 0 spiro atoms. The van der Waals surface area contributed by atoms with E-state index in [1.54, 1.807) is 18.9 Å². The van der Waals surface area contributed by atoms with Crippen LogP contribution < -0.4 is 5.32 Å². The van der Waals surface area contributed by atoms with Gasteiger partial charge in [0.2, 0.25) is 11.8 Å². The normalized spacial score (nSPS) is 23.0. The molecule has 2 aliphatic rings. The van der Waals surface area contributed by atoms with Crippen LogP contribution in [0.5, 0.6) is 0 Å². The van der Waals surface area contributed by atoms with E-state index in [-0.39, 0.29) is 29.7 Å². The second-order valence-electron chi connectivity index (χ2n) is 7.20. The van der Waals surface area contributed by atoms with Crippen LogP contribution in [0.3, 0.4) is 0 Å². The molecule has 0 unspecified atom stereocenters. The summed E-state index contributed by atoms with van der Waals surface area (Å²) < 4.78 is 9.98. The summed E-state index contributed by atoms with van der Waals surface area (Å²) in [5.41, 5.74) is 0. The van der Waals surface area contributed by atoms with Gasteiger partial charge in [-0.15, -0.1) is 0 Å². The third kappa shape index (κ3) is 6.37. The first-order valence-corrected chi connectivity index (χ1v) is 10.0. The molecule has 0 aromatic carbocycles. The molecule has 1 N–H and O–H groups in total. The predicted molar refractivity (Wildman–Crippen MR) is 100 cm³/mol. The fourth-order valence-corrected chi connectivity index (χ4v) is 3.76. The maximum absolute atomic E-state index is 12.8. The molecule has 8 heteroatoms. The Morgan fingerprint density at radius 3 is 2.15 bits per heavy atom. The Bertz CT molecular complexity index is 498. The molecule has 154 valence electrons. The van der Waals surface area contributed by atoms with Crippen LogP contribution in [0, 0.1) is 11.8 Å². The molecule has 0 atom stereocenters. The van der Waals surface area contributed by atoms with Crippen LogP contribution in [-0.4, -0.2) is 80.8 Å². The Morgan fingerprint density at radius 1 is 0.963 bits per heavy atom. The van der Waals surface area contributed by atoms with Crippen LogP contribution in [-0.2, 0) is 19.1 Å². The number of nitrogens with zero attached hydrogens (tertiary/aromatic N) is 2. The average molecular weight is 383 g/mol. The van der Waals surface area contributed by atoms with E-state index in [1.165, 1.54) is 0 Å². The van der Waals surface area contributed by atoms with Gasteiger partial charge < -0.3 is 24.6 Å². The molecule has 0 bridgehead atoms. The third-order valence-electron chi connectivity index (χ3n) is 5.39. The number of piperazine rings is 1. The lowest BCUT2D eigenvalue weighted by Crippen LogP contribution is -2.52. The minimum absolute atomic E-state index is 0.00307. The molecule has 1 aliphatic carbocycles. The van der Waals surface area contributed by atoms with E-state index in [4.69, 9.17) is 9.47 Å². The quantitative estimate of drug-likeness (QED) is 0.669. The molecule has 3 amide bonds. The molecule has 1 heterocycles. The number of hydrogen-bond donors (Lipinski definition) is 1. The molecular weight excluding hydrogens is 350 g/mol. The number of ether oxygens (including phenoxy) is 2. The van der Waals surface area contributed by atoms with Crippen LogP contribution in [0.4, 0.5) is 4.79 Å². The summed E-state index contributed by atoms with van der Waals surface area (Å²) in [7, 11) is 1.65. The van der Waals surface area contributed by atoms with Crippen LogP contribution >= 0.6 is 0 Å². The Balaban J connectivity index is 1.69. The van der Waals surface area contributed by atoms with Gasteiger partial charge in [-0.1, -0.05) is 0 Å². The maximum Gasteiger partial charge on any atom is 0.409 e. The zero-order chi connectivity index (χ0) is 19.6. The largest absolute Gasteiger partial charge is 0.450 e. The highest BCUT2D eigenvalue weighted by Gasteiger charge is 2.33. The Kier molecular flexibility index (Phi) is 8.84. The first-order valence-electron chi connectivity index (χ1n) is 10.0. The van der Waals surface area contributed by atoms with Gasteiger partial charge in [0.15, 0.2) is 0 Å². The van der Waals surface area contributed by atoms with E-state index in [9.17, 15) is 14.4 Å². The number of amides is 3. The number of hydrogen-bond acceptors (Lipinski definition) is 5. The zero-order valence-corrected chi connectivity index (χ0v) is 16.6. The third-order valence-corrected chi connectivity index (χ3v) is 5.39. The molecule has 1 saturated carbocycles. The van der Waals surface area contributed by atoms with Gasteiger partial charge in [-0.3, -0.25) is 9.59 Å². The minimum Gasteiger partial charge on any atom is -0.450 e. The number of rotatable bonds is 7. The molecular formula is C19H33N3O5. The Morgan fingerprint density at radius 2 is 1.56 bits per heavy atom. The number of nitrogens with one attached hydrogen (secondary N) is 1.